The summed E-state index contributed by atoms with van der Waals surface area (Å²) in [5.41, 5.74) is 5.58. The molecule has 0 spiro atoms. The lowest BCUT2D eigenvalue weighted by Crippen LogP contribution is -2.57. The highest BCUT2D eigenvalue weighted by Gasteiger charge is 2.40. The predicted molar refractivity (Wildman–Crippen MR) is 193 cm³/mol. The molecule has 50 heavy (non-hydrogen) atoms. The number of hydrogen-bond acceptors (Lipinski definition) is 7. The van der Waals surface area contributed by atoms with Crippen LogP contribution in [0.1, 0.15) is 87.3 Å². The zero-order valence-electron chi connectivity index (χ0n) is 29.5. The second kappa shape index (κ2) is 14.4. The molecule has 2 amide bonds. The van der Waals surface area contributed by atoms with Crippen LogP contribution in [0.15, 0.2) is 54.9 Å². The third-order valence-electron chi connectivity index (χ3n) is 11.5. The highest BCUT2D eigenvalue weighted by Crippen LogP contribution is 2.40. The third kappa shape index (κ3) is 7.72. The molecule has 3 aliphatic carbocycles. The first kappa shape index (κ1) is 34.6. The standard InChI is InChI=1S/C39H50N4O6S/c1-26-19-31(13-18-37(26)48-2)28-9-7-27(8-10-28)22-42(34-6-4-5-30(20-34)32-21-40-43(23-32)33-14-15-33)38(44)29-11-16-35(17-12-29)49-39(45)41-24-36(25-41)50(3,46)47/h4-6,13,18-21,23,27-29,33,35-36H,7-12,14-17,22,24-25H2,1-3H3/t27-,28-,29-,35-. The number of likely N-dealkylation sites (tertiary alicyclic amines) is 1. The highest BCUT2D eigenvalue weighted by atomic mass is 32.2. The first-order chi connectivity index (χ1) is 24.1. The lowest BCUT2D eigenvalue weighted by atomic mass is 9.78. The summed E-state index contributed by atoms with van der Waals surface area (Å²) in [6, 6.07) is 15.4. The molecule has 4 aliphatic rings. The van der Waals surface area contributed by atoms with Crippen LogP contribution in [0.4, 0.5) is 10.5 Å². The molecule has 1 aliphatic heterocycles. The molecule has 1 saturated heterocycles. The van der Waals surface area contributed by atoms with Crippen LogP contribution >= 0.6 is 0 Å². The van der Waals surface area contributed by atoms with Crippen LogP contribution in [0.25, 0.3) is 11.1 Å². The number of rotatable bonds is 10. The quantitative estimate of drug-likeness (QED) is 0.225. The smallest absolute Gasteiger partial charge is 0.410 e. The van der Waals surface area contributed by atoms with E-state index in [1.807, 2.05) is 17.2 Å². The number of amides is 2. The van der Waals surface area contributed by atoms with E-state index in [4.69, 9.17) is 9.47 Å². The number of ether oxygens (including phenoxy) is 2. The van der Waals surface area contributed by atoms with Crippen molar-refractivity contribution in [2.75, 3.05) is 37.9 Å². The van der Waals surface area contributed by atoms with Crippen molar-refractivity contribution in [1.82, 2.24) is 14.7 Å². The van der Waals surface area contributed by atoms with E-state index in [9.17, 15) is 18.0 Å². The number of aromatic nitrogens is 2. The van der Waals surface area contributed by atoms with Crippen LogP contribution in [-0.4, -0.2) is 79.5 Å². The van der Waals surface area contributed by atoms with Gasteiger partial charge in [-0.05, 0) is 118 Å². The number of methoxy groups -OCH3 is 1. The maximum Gasteiger partial charge on any atom is 0.410 e. The SMILES string of the molecule is COc1ccc([C@H]2CC[C@H](CN(c3cccc(-c4cnn(C5CC5)c4)c3)C(=O)[C@H]3CC[C@H](OC(=O)N4CC(S(C)(=O)=O)C4)CC3)CC2)cc1C. The minimum Gasteiger partial charge on any atom is -0.496 e. The van der Waals surface area contributed by atoms with Gasteiger partial charge < -0.3 is 19.3 Å². The summed E-state index contributed by atoms with van der Waals surface area (Å²) in [4.78, 5) is 30.6. The zero-order chi connectivity index (χ0) is 35.0. The molecule has 1 aromatic heterocycles. The summed E-state index contributed by atoms with van der Waals surface area (Å²) < 4.78 is 36.8. The van der Waals surface area contributed by atoms with E-state index in [-0.39, 0.29) is 31.0 Å². The van der Waals surface area contributed by atoms with E-state index in [1.54, 1.807) is 7.11 Å². The summed E-state index contributed by atoms with van der Waals surface area (Å²) >= 11 is 0. The Morgan fingerprint density at radius 3 is 2.32 bits per heavy atom. The van der Waals surface area contributed by atoms with Gasteiger partial charge in [-0.2, -0.15) is 5.10 Å². The molecule has 11 heteroatoms. The van der Waals surface area contributed by atoms with Gasteiger partial charge in [-0.15, -0.1) is 0 Å². The van der Waals surface area contributed by atoms with E-state index < -0.39 is 21.2 Å². The van der Waals surface area contributed by atoms with Gasteiger partial charge in [0, 0.05) is 49.3 Å². The fourth-order valence-electron chi connectivity index (χ4n) is 8.02. The molecule has 7 rings (SSSR count). The van der Waals surface area contributed by atoms with E-state index in [0.717, 1.165) is 53.8 Å². The topological polar surface area (TPSA) is 111 Å². The van der Waals surface area contributed by atoms with Gasteiger partial charge in [0.15, 0.2) is 9.84 Å². The summed E-state index contributed by atoms with van der Waals surface area (Å²) in [5.74, 6) is 1.83. The van der Waals surface area contributed by atoms with Crippen LogP contribution in [0.2, 0.25) is 0 Å². The molecule has 0 bridgehead atoms. The Morgan fingerprint density at radius 1 is 0.920 bits per heavy atom. The van der Waals surface area contributed by atoms with Crippen molar-refractivity contribution in [3.05, 3.63) is 66.0 Å². The van der Waals surface area contributed by atoms with E-state index in [2.05, 4.69) is 59.3 Å². The summed E-state index contributed by atoms with van der Waals surface area (Å²) in [6.45, 7) is 3.15. The van der Waals surface area contributed by atoms with Gasteiger partial charge in [0.05, 0.1) is 24.6 Å². The summed E-state index contributed by atoms with van der Waals surface area (Å²) in [7, 11) is -1.45. The molecule has 0 N–H and O–H groups in total. The predicted octanol–water partition coefficient (Wildman–Crippen LogP) is 6.93. The van der Waals surface area contributed by atoms with Gasteiger partial charge in [-0.1, -0.05) is 24.3 Å². The maximum absolute atomic E-state index is 14.5. The van der Waals surface area contributed by atoms with Gasteiger partial charge in [0.1, 0.15) is 11.9 Å². The highest BCUT2D eigenvalue weighted by molar-refractivity contribution is 7.91. The van der Waals surface area contributed by atoms with Crippen LogP contribution in [-0.2, 0) is 19.4 Å². The maximum atomic E-state index is 14.5. The Kier molecular flexibility index (Phi) is 9.96. The summed E-state index contributed by atoms with van der Waals surface area (Å²) in [5, 5.41) is 4.09. The number of aryl methyl sites for hydroxylation is 1. The average Bonchev–Trinajstić information content (AvgIpc) is 3.82. The van der Waals surface area contributed by atoms with Gasteiger partial charge in [-0.3, -0.25) is 9.48 Å². The van der Waals surface area contributed by atoms with Crippen molar-refractivity contribution in [2.24, 2.45) is 11.8 Å². The molecule has 2 heterocycles. The fourth-order valence-corrected chi connectivity index (χ4v) is 8.92. The number of carbonyl (C=O) groups excluding carboxylic acids is 2. The molecular weight excluding hydrogens is 653 g/mol. The van der Waals surface area contributed by atoms with Crippen molar-refractivity contribution in [1.29, 1.82) is 0 Å². The van der Waals surface area contributed by atoms with Crippen LogP contribution in [0.3, 0.4) is 0 Å². The molecule has 0 radical (unpaired) electrons. The Bertz CT molecular complexity index is 1800. The molecule has 10 nitrogen and oxygen atoms in total. The Hall–Kier alpha value is -3.86. The largest absolute Gasteiger partial charge is 0.496 e. The average molecular weight is 703 g/mol. The molecule has 0 unspecified atom stereocenters. The molecule has 0 atom stereocenters. The van der Waals surface area contributed by atoms with Gasteiger partial charge in [0.2, 0.25) is 5.91 Å². The Morgan fingerprint density at radius 2 is 1.66 bits per heavy atom. The number of anilines is 1. The third-order valence-corrected chi connectivity index (χ3v) is 13.0. The van der Waals surface area contributed by atoms with Crippen molar-refractivity contribution in [2.45, 2.75) is 94.4 Å². The fraction of sp³-hybridized carbons (Fsp3) is 0.564. The first-order valence-electron chi connectivity index (χ1n) is 18.3. The number of sulfone groups is 1. The monoisotopic (exact) mass is 702 g/mol. The lowest BCUT2D eigenvalue weighted by Gasteiger charge is -2.39. The molecule has 4 fully saturated rings. The van der Waals surface area contributed by atoms with E-state index in [1.165, 1.54) is 29.6 Å². The van der Waals surface area contributed by atoms with Crippen molar-refractivity contribution in [3.63, 3.8) is 0 Å². The Balaban J connectivity index is 1.02. The van der Waals surface area contributed by atoms with Crippen molar-refractivity contribution in [3.8, 4) is 16.9 Å². The molecule has 3 saturated carbocycles. The van der Waals surface area contributed by atoms with Crippen LogP contribution in [0.5, 0.6) is 5.75 Å². The number of benzene rings is 2. The molecule has 3 aromatic rings. The van der Waals surface area contributed by atoms with Crippen molar-refractivity contribution < 1.29 is 27.5 Å². The molecule has 2 aromatic carbocycles. The zero-order valence-corrected chi connectivity index (χ0v) is 30.3. The molecule has 268 valence electrons. The normalized spacial score (nSPS) is 24.3. The Labute approximate surface area is 296 Å². The van der Waals surface area contributed by atoms with Gasteiger partial charge in [0.25, 0.3) is 0 Å². The van der Waals surface area contributed by atoms with Gasteiger partial charge in [-0.25, -0.2) is 13.2 Å². The van der Waals surface area contributed by atoms with E-state index in [0.29, 0.717) is 50.1 Å². The number of hydrogen-bond donors (Lipinski definition) is 0. The minimum atomic E-state index is -3.16. The summed E-state index contributed by atoms with van der Waals surface area (Å²) in [6.07, 6.45) is 13.7. The van der Waals surface area contributed by atoms with Crippen molar-refractivity contribution >= 4 is 27.5 Å². The second-order valence-corrected chi connectivity index (χ2v) is 17.4. The van der Waals surface area contributed by atoms with Crippen LogP contribution < -0.4 is 9.64 Å². The minimum absolute atomic E-state index is 0.146. The van der Waals surface area contributed by atoms with Crippen LogP contribution in [0, 0.1) is 18.8 Å². The molecular formula is C39H50N4O6S. The lowest BCUT2D eigenvalue weighted by molar-refractivity contribution is -0.124. The number of carbonyl (C=O) groups is 2. The van der Waals surface area contributed by atoms with Gasteiger partial charge >= 0.3 is 6.09 Å². The first-order valence-corrected chi connectivity index (χ1v) is 20.3. The van der Waals surface area contributed by atoms with E-state index >= 15 is 0 Å². The number of nitrogens with zero attached hydrogens (tertiary/aromatic N) is 4. The second-order valence-electron chi connectivity index (χ2n) is 15.1.